The highest BCUT2D eigenvalue weighted by molar-refractivity contribution is 5.86. The first-order chi connectivity index (χ1) is 10.2. The number of nitrogens with one attached hydrogen (secondary N) is 1. The summed E-state index contributed by atoms with van der Waals surface area (Å²) < 4.78 is 0. The molecule has 0 atom stereocenters. The molecule has 21 heavy (non-hydrogen) atoms. The first-order valence-electron chi connectivity index (χ1n) is 7.81. The summed E-state index contributed by atoms with van der Waals surface area (Å²) in [5.74, 6) is -0.0240. The standard InChI is InChI=1S/C17H24N2O2/c1-2-3-5-14-6-8-15(9-7-14)12-17(21)19-11-4-10-18-16(20)13-19/h6-9H,2-5,10-13H2,1H3,(H,18,20). The molecule has 1 aliphatic rings. The molecule has 4 heteroatoms. The van der Waals surface area contributed by atoms with Crippen molar-refractivity contribution in [2.75, 3.05) is 19.6 Å². The van der Waals surface area contributed by atoms with Gasteiger partial charge < -0.3 is 10.2 Å². The van der Waals surface area contributed by atoms with Gasteiger partial charge in [-0.3, -0.25) is 9.59 Å². The van der Waals surface area contributed by atoms with Gasteiger partial charge in [0, 0.05) is 13.1 Å². The number of benzene rings is 1. The fourth-order valence-electron chi connectivity index (χ4n) is 2.51. The van der Waals surface area contributed by atoms with E-state index in [0.717, 1.165) is 18.4 Å². The summed E-state index contributed by atoms with van der Waals surface area (Å²) in [6, 6.07) is 8.27. The summed E-state index contributed by atoms with van der Waals surface area (Å²) in [6.07, 6.45) is 4.68. The van der Waals surface area contributed by atoms with Crippen LogP contribution in [0.4, 0.5) is 0 Å². The molecule has 1 saturated heterocycles. The van der Waals surface area contributed by atoms with E-state index in [0.29, 0.717) is 19.5 Å². The predicted octanol–water partition coefficient (Wildman–Crippen LogP) is 1.92. The number of carbonyl (C=O) groups is 2. The Hall–Kier alpha value is -1.84. The third-order valence-electron chi connectivity index (χ3n) is 3.81. The first kappa shape index (κ1) is 15.5. The number of hydrogen-bond donors (Lipinski definition) is 1. The number of amides is 2. The first-order valence-corrected chi connectivity index (χ1v) is 7.81. The van der Waals surface area contributed by atoms with Crippen molar-refractivity contribution in [2.45, 2.75) is 39.0 Å². The Bertz CT molecular complexity index is 482. The van der Waals surface area contributed by atoms with Gasteiger partial charge in [-0.25, -0.2) is 0 Å². The summed E-state index contributed by atoms with van der Waals surface area (Å²) in [6.45, 7) is 3.69. The average Bonchev–Trinajstić information content (AvgIpc) is 2.71. The molecule has 1 aromatic carbocycles. The van der Waals surface area contributed by atoms with E-state index in [1.54, 1.807) is 4.90 Å². The Labute approximate surface area is 126 Å². The van der Waals surface area contributed by atoms with Gasteiger partial charge in [0.1, 0.15) is 0 Å². The van der Waals surface area contributed by atoms with Gasteiger partial charge in [0.25, 0.3) is 0 Å². The van der Waals surface area contributed by atoms with Crippen LogP contribution >= 0.6 is 0 Å². The van der Waals surface area contributed by atoms with Crippen molar-refractivity contribution in [3.05, 3.63) is 35.4 Å². The molecule has 1 N–H and O–H groups in total. The van der Waals surface area contributed by atoms with Gasteiger partial charge in [-0.1, -0.05) is 37.6 Å². The molecule has 2 rings (SSSR count). The molecule has 0 radical (unpaired) electrons. The predicted molar refractivity (Wildman–Crippen MR) is 83.0 cm³/mol. The highest BCUT2D eigenvalue weighted by atomic mass is 16.2. The molecule has 0 aliphatic carbocycles. The number of aryl methyl sites for hydroxylation is 1. The highest BCUT2D eigenvalue weighted by Gasteiger charge is 2.19. The Morgan fingerprint density at radius 1 is 1.24 bits per heavy atom. The molecule has 0 saturated carbocycles. The third-order valence-corrected chi connectivity index (χ3v) is 3.81. The molecule has 4 nitrogen and oxygen atoms in total. The Morgan fingerprint density at radius 3 is 2.67 bits per heavy atom. The number of unbranched alkanes of at least 4 members (excludes halogenated alkanes) is 1. The van der Waals surface area contributed by atoms with E-state index >= 15 is 0 Å². The molecule has 1 aliphatic heterocycles. The van der Waals surface area contributed by atoms with Gasteiger partial charge in [0.2, 0.25) is 11.8 Å². The maximum Gasteiger partial charge on any atom is 0.239 e. The second kappa shape index (κ2) is 7.81. The monoisotopic (exact) mass is 288 g/mol. The molecule has 0 bridgehead atoms. The second-order valence-corrected chi connectivity index (χ2v) is 5.62. The van der Waals surface area contributed by atoms with E-state index in [2.05, 4.69) is 24.4 Å². The smallest absolute Gasteiger partial charge is 0.239 e. The molecule has 1 heterocycles. The molecule has 0 unspecified atom stereocenters. The Kier molecular flexibility index (Phi) is 5.78. The normalized spacial score (nSPS) is 15.5. The van der Waals surface area contributed by atoms with Crippen molar-refractivity contribution in [2.24, 2.45) is 0 Å². The number of nitrogens with zero attached hydrogens (tertiary/aromatic N) is 1. The second-order valence-electron chi connectivity index (χ2n) is 5.62. The summed E-state index contributed by atoms with van der Waals surface area (Å²) in [4.78, 5) is 25.4. The van der Waals surface area contributed by atoms with E-state index in [-0.39, 0.29) is 18.4 Å². The van der Waals surface area contributed by atoms with Gasteiger partial charge in [0.05, 0.1) is 13.0 Å². The maximum absolute atomic E-state index is 12.3. The van der Waals surface area contributed by atoms with E-state index < -0.39 is 0 Å². The van der Waals surface area contributed by atoms with Crippen LogP contribution < -0.4 is 5.32 Å². The van der Waals surface area contributed by atoms with Crippen LogP contribution in [0.3, 0.4) is 0 Å². The van der Waals surface area contributed by atoms with Gasteiger partial charge in [-0.05, 0) is 30.4 Å². The Balaban J connectivity index is 1.90. The molecule has 114 valence electrons. The maximum atomic E-state index is 12.3. The molecule has 1 fully saturated rings. The lowest BCUT2D eigenvalue weighted by atomic mass is 10.0. The van der Waals surface area contributed by atoms with Gasteiger partial charge >= 0.3 is 0 Å². The fraction of sp³-hybridized carbons (Fsp3) is 0.529. The lowest BCUT2D eigenvalue weighted by Gasteiger charge is -2.19. The molecular weight excluding hydrogens is 264 g/mol. The van der Waals surface area contributed by atoms with Crippen molar-refractivity contribution >= 4 is 11.8 Å². The van der Waals surface area contributed by atoms with Crippen molar-refractivity contribution in [3.63, 3.8) is 0 Å². The lowest BCUT2D eigenvalue weighted by molar-refractivity contribution is -0.134. The number of hydrogen-bond acceptors (Lipinski definition) is 2. The SMILES string of the molecule is CCCCc1ccc(CC(=O)N2CCCNC(=O)C2)cc1. The van der Waals surface area contributed by atoms with Crippen molar-refractivity contribution in [3.8, 4) is 0 Å². The minimum absolute atomic E-state index is 0.0355. The van der Waals surface area contributed by atoms with Crippen LogP contribution in [-0.4, -0.2) is 36.3 Å². The van der Waals surface area contributed by atoms with E-state index in [4.69, 9.17) is 0 Å². The highest BCUT2D eigenvalue weighted by Crippen LogP contribution is 2.10. The summed E-state index contributed by atoms with van der Waals surface area (Å²) in [5.41, 5.74) is 2.34. The summed E-state index contributed by atoms with van der Waals surface area (Å²) in [5, 5.41) is 2.79. The van der Waals surface area contributed by atoms with Crippen LogP contribution in [0, 0.1) is 0 Å². The van der Waals surface area contributed by atoms with Crippen LogP contribution in [0.1, 0.15) is 37.3 Å². The van der Waals surface area contributed by atoms with E-state index in [1.165, 1.54) is 18.4 Å². The van der Waals surface area contributed by atoms with Crippen LogP contribution in [-0.2, 0) is 22.4 Å². The van der Waals surface area contributed by atoms with Crippen LogP contribution in [0.2, 0.25) is 0 Å². The van der Waals surface area contributed by atoms with Crippen molar-refractivity contribution < 1.29 is 9.59 Å². The molecule has 2 amide bonds. The van der Waals surface area contributed by atoms with E-state index in [9.17, 15) is 9.59 Å². The van der Waals surface area contributed by atoms with Gasteiger partial charge in [-0.2, -0.15) is 0 Å². The number of carbonyl (C=O) groups excluding carboxylic acids is 2. The van der Waals surface area contributed by atoms with E-state index in [1.807, 2.05) is 12.1 Å². The molecular formula is C17H24N2O2. The lowest BCUT2D eigenvalue weighted by Crippen LogP contribution is -2.38. The number of rotatable bonds is 5. The third kappa shape index (κ3) is 4.88. The van der Waals surface area contributed by atoms with Gasteiger partial charge in [0.15, 0.2) is 0 Å². The fourth-order valence-corrected chi connectivity index (χ4v) is 2.51. The van der Waals surface area contributed by atoms with Gasteiger partial charge in [-0.15, -0.1) is 0 Å². The summed E-state index contributed by atoms with van der Waals surface area (Å²) >= 11 is 0. The van der Waals surface area contributed by atoms with Crippen LogP contribution in [0.15, 0.2) is 24.3 Å². The Morgan fingerprint density at radius 2 is 1.95 bits per heavy atom. The molecule has 1 aromatic rings. The minimum Gasteiger partial charge on any atom is -0.354 e. The minimum atomic E-state index is -0.0595. The zero-order valence-electron chi connectivity index (χ0n) is 12.7. The van der Waals surface area contributed by atoms with Crippen LogP contribution in [0.25, 0.3) is 0 Å². The van der Waals surface area contributed by atoms with Crippen molar-refractivity contribution in [1.29, 1.82) is 0 Å². The zero-order chi connectivity index (χ0) is 15.1. The largest absolute Gasteiger partial charge is 0.354 e. The van der Waals surface area contributed by atoms with Crippen molar-refractivity contribution in [1.82, 2.24) is 10.2 Å². The average molecular weight is 288 g/mol. The topological polar surface area (TPSA) is 49.4 Å². The quantitative estimate of drug-likeness (QED) is 0.900. The zero-order valence-corrected chi connectivity index (χ0v) is 12.7. The molecule has 0 spiro atoms. The molecule has 0 aromatic heterocycles. The van der Waals surface area contributed by atoms with Crippen LogP contribution in [0.5, 0.6) is 0 Å². The summed E-state index contributed by atoms with van der Waals surface area (Å²) in [7, 11) is 0.